The monoisotopic (exact) mass is 304 g/mol. The van der Waals surface area contributed by atoms with Crippen LogP contribution in [0.4, 0.5) is 0 Å². The molecule has 2 aliphatic rings. The van der Waals surface area contributed by atoms with E-state index in [-0.39, 0.29) is 18.4 Å². The summed E-state index contributed by atoms with van der Waals surface area (Å²) in [5.74, 6) is -0.628. The van der Waals surface area contributed by atoms with Crippen molar-refractivity contribution in [2.45, 2.75) is 51.5 Å². The van der Waals surface area contributed by atoms with Crippen molar-refractivity contribution < 1.29 is 18.3 Å². The van der Waals surface area contributed by atoms with Crippen LogP contribution in [-0.2, 0) is 15.0 Å². The zero-order valence-corrected chi connectivity index (χ0v) is 12.8. The van der Waals surface area contributed by atoms with Crippen LogP contribution in [0.15, 0.2) is 0 Å². The second-order valence-corrected chi connectivity index (χ2v) is 7.79. The van der Waals surface area contributed by atoms with Crippen molar-refractivity contribution in [1.82, 2.24) is 8.61 Å². The van der Waals surface area contributed by atoms with Gasteiger partial charge in [-0.05, 0) is 38.5 Å². The lowest BCUT2D eigenvalue weighted by atomic mass is 10.0. The Morgan fingerprint density at radius 3 is 2.65 bits per heavy atom. The molecule has 0 aromatic carbocycles. The van der Waals surface area contributed by atoms with Gasteiger partial charge in [0.05, 0.1) is 0 Å². The summed E-state index contributed by atoms with van der Waals surface area (Å²) in [4.78, 5) is 10.6. The molecule has 0 aromatic heterocycles. The summed E-state index contributed by atoms with van der Waals surface area (Å²) in [5, 5.41) is 8.70. The van der Waals surface area contributed by atoms with Crippen molar-refractivity contribution in [3.63, 3.8) is 0 Å². The largest absolute Gasteiger partial charge is 0.481 e. The lowest BCUT2D eigenvalue weighted by Gasteiger charge is -2.35. The second-order valence-electron chi connectivity index (χ2n) is 5.91. The zero-order chi connectivity index (χ0) is 14.8. The average molecular weight is 304 g/mol. The topological polar surface area (TPSA) is 77.9 Å². The van der Waals surface area contributed by atoms with Gasteiger partial charge in [-0.25, -0.2) is 0 Å². The highest BCUT2D eigenvalue weighted by molar-refractivity contribution is 7.86. The molecule has 7 heteroatoms. The molecule has 116 valence electrons. The first-order valence-electron chi connectivity index (χ1n) is 7.40. The second kappa shape index (κ2) is 6.41. The summed E-state index contributed by atoms with van der Waals surface area (Å²) >= 11 is 0. The fraction of sp³-hybridized carbons (Fsp3) is 0.923. The van der Waals surface area contributed by atoms with Crippen molar-refractivity contribution in [3.8, 4) is 0 Å². The molecular weight excluding hydrogens is 280 g/mol. The van der Waals surface area contributed by atoms with Crippen LogP contribution in [0.1, 0.15) is 45.4 Å². The van der Waals surface area contributed by atoms with E-state index in [9.17, 15) is 13.2 Å². The molecule has 2 heterocycles. The Morgan fingerprint density at radius 2 is 2.00 bits per heavy atom. The highest BCUT2D eigenvalue weighted by atomic mass is 32.2. The summed E-state index contributed by atoms with van der Waals surface area (Å²) in [5.41, 5.74) is 0. The normalized spacial score (nSPS) is 29.6. The van der Waals surface area contributed by atoms with Crippen molar-refractivity contribution in [3.05, 3.63) is 0 Å². The number of rotatable bonds is 5. The van der Waals surface area contributed by atoms with Gasteiger partial charge < -0.3 is 5.11 Å². The minimum absolute atomic E-state index is 0.0758. The molecule has 0 spiro atoms. The van der Waals surface area contributed by atoms with E-state index in [1.165, 1.54) is 0 Å². The van der Waals surface area contributed by atoms with Crippen LogP contribution in [0.3, 0.4) is 0 Å². The Bertz CT molecular complexity index is 451. The Hall–Kier alpha value is -0.660. The number of hydrogen-bond acceptors (Lipinski definition) is 3. The quantitative estimate of drug-likeness (QED) is 0.830. The van der Waals surface area contributed by atoms with Crippen LogP contribution in [-0.4, -0.2) is 53.8 Å². The van der Waals surface area contributed by atoms with Gasteiger partial charge in [-0.1, -0.05) is 6.42 Å². The fourth-order valence-electron chi connectivity index (χ4n) is 3.13. The lowest BCUT2D eigenvalue weighted by Crippen LogP contribution is -2.49. The fourth-order valence-corrected chi connectivity index (χ4v) is 5.08. The van der Waals surface area contributed by atoms with Crippen molar-refractivity contribution >= 4 is 16.2 Å². The molecule has 2 fully saturated rings. The number of aliphatic carboxylic acids is 1. The molecule has 6 nitrogen and oxygen atoms in total. The van der Waals surface area contributed by atoms with E-state index >= 15 is 0 Å². The molecule has 2 atom stereocenters. The Labute approximate surface area is 120 Å². The molecule has 0 aromatic rings. The summed E-state index contributed by atoms with van der Waals surface area (Å²) in [6.07, 6.45) is 4.41. The van der Waals surface area contributed by atoms with Crippen LogP contribution in [0.5, 0.6) is 0 Å². The molecule has 1 N–H and O–H groups in total. The van der Waals surface area contributed by atoms with Gasteiger partial charge in [0.2, 0.25) is 0 Å². The maximum atomic E-state index is 12.6. The van der Waals surface area contributed by atoms with Crippen molar-refractivity contribution in [2.24, 2.45) is 5.92 Å². The number of hydrogen-bond donors (Lipinski definition) is 1. The number of piperidine rings is 1. The molecule has 0 aliphatic carbocycles. The summed E-state index contributed by atoms with van der Waals surface area (Å²) in [6.45, 7) is 3.57. The van der Waals surface area contributed by atoms with E-state index in [2.05, 4.69) is 0 Å². The molecule has 0 radical (unpaired) electrons. The van der Waals surface area contributed by atoms with Crippen molar-refractivity contribution in [1.29, 1.82) is 0 Å². The van der Waals surface area contributed by atoms with E-state index in [4.69, 9.17) is 5.11 Å². The van der Waals surface area contributed by atoms with Crippen LogP contribution < -0.4 is 0 Å². The van der Waals surface area contributed by atoms with Crippen LogP contribution in [0.25, 0.3) is 0 Å². The minimum Gasteiger partial charge on any atom is -0.481 e. The Balaban J connectivity index is 1.95. The van der Waals surface area contributed by atoms with Crippen LogP contribution >= 0.6 is 0 Å². The standard InChI is InChI=1S/C13H24N2O4S/c1-11-4-2-3-8-15(11)20(18,19)14-9-7-12(10-14)5-6-13(16)17/h11-12H,2-10H2,1H3,(H,16,17). The number of carbonyl (C=O) groups is 1. The SMILES string of the molecule is CC1CCCCN1S(=O)(=O)N1CCC(CCC(=O)O)C1. The van der Waals surface area contributed by atoms with Gasteiger partial charge in [-0.15, -0.1) is 0 Å². The average Bonchev–Trinajstić information content (AvgIpc) is 2.86. The number of carboxylic acids is 1. The third-order valence-electron chi connectivity index (χ3n) is 4.38. The third-order valence-corrected chi connectivity index (χ3v) is 6.50. The van der Waals surface area contributed by atoms with E-state index in [1.807, 2.05) is 6.92 Å². The van der Waals surface area contributed by atoms with Gasteiger partial charge in [0.15, 0.2) is 0 Å². The highest BCUT2D eigenvalue weighted by Crippen LogP contribution is 2.28. The molecule has 2 aliphatic heterocycles. The minimum atomic E-state index is -3.36. The van der Waals surface area contributed by atoms with Gasteiger partial charge in [-0.2, -0.15) is 17.0 Å². The molecule has 0 saturated carbocycles. The van der Waals surface area contributed by atoms with Crippen LogP contribution in [0, 0.1) is 5.92 Å². The highest BCUT2D eigenvalue weighted by Gasteiger charge is 2.38. The van der Waals surface area contributed by atoms with E-state index < -0.39 is 16.2 Å². The predicted molar refractivity (Wildman–Crippen MR) is 75.5 cm³/mol. The molecule has 2 saturated heterocycles. The molecule has 2 rings (SSSR count). The summed E-state index contributed by atoms with van der Waals surface area (Å²) in [7, 11) is -3.36. The van der Waals surface area contributed by atoms with Gasteiger partial charge in [0, 0.05) is 32.1 Å². The third kappa shape index (κ3) is 3.51. The number of carboxylic acid groups (broad SMARTS) is 1. The molecule has 2 unspecified atom stereocenters. The maximum Gasteiger partial charge on any atom is 0.303 e. The molecule has 0 amide bonds. The first kappa shape index (κ1) is 15.7. The molecule has 20 heavy (non-hydrogen) atoms. The lowest BCUT2D eigenvalue weighted by molar-refractivity contribution is -0.137. The van der Waals surface area contributed by atoms with Gasteiger partial charge in [-0.3, -0.25) is 4.79 Å². The van der Waals surface area contributed by atoms with E-state index in [0.717, 1.165) is 25.7 Å². The molecular formula is C13H24N2O4S. The first-order chi connectivity index (χ1) is 9.41. The predicted octanol–water partition coefficient (Wildman–Crippen LogP) is 1.29. The van der Waals surface area contributed by atoms with Gasteiger partial charge in [0.25, 0.3) is 10.2 Å². The summed E-state index contributed by atoms with van der Waals surface area (Å²) in [6, 6.07) is 0.0758. The molecule has 0 bridgehead atoms. The van der Waals surface area contributed by atoms with Crippen molar-refractivity contribution in [2.75, 3.05) is 19.6 Å². The van der Waals surface area contributed by atoms with E-state index in [1.54, 1.807) is 8.61 Å². The smallest absolute Gasteiger partial charge is 0.303 e. The maximum absolute atomic E-state index is 12.6. The Morgan fingerprint density at radius 1 is 1.25 bits per heavy atom. The van der Waals surface area contributed by atoms with Gasteiger partial charge in [0.1, 0.15) is 0 Å². The van der Waals surface area contributed by atoms with Gasteiger partial charge >= 0.3 is 5.97 Å². The van der Waals surface area contributed by atoms with Crippen LogP contribution in [0.2, 0.25) is 0 Å². The number of nitrogens with zero attached hydrogens (tertiary/aromatic N) is 2. The zero-order valence-electron chi connectivity index (χ0n) is 12.0. The Kier molecular flexibility index (Phi) is 5.04. The summed E-state index contributed by atoms with van der Waals surface area (Å²) < 4.78 is 28.4. The van der Waals surface area contributed by atoms with E-state index in [0.29, 0.717) is 26.1 Å². The first-order valence-corrected chi connectivity index (χ1v) is 8.79.